The lowest BCUT2D eigenvalue weighted by molar-refractivity contribution is -0.140. The van der Waals surface area contributed by atoms with Crippen LogP contribution in [0.5, 0.6) is 0 Å². The van der Waals surface area contributed by atoms with Crippen molar-refractivity contribution in [3.63, 3.8) is 0 Å². The third kappa shape index (κ3) is 5.77. The summed E-state index contributed by atoms with van der Waals surface area (Å²) in [5, 5.41) is 2.83. The van der Waals surface area contributed by atoms with E-state index in [1.165, 1.54) is 7.11 Å². The summed E-state index contributed by atoms with van der Waals surface area (Å²) in [5.41, 5.74) is -0.506. The number of methoxy groups -OCH3 is 1. The molecule has 1 amide bonds. The Kier molecular flexibility index (Phi) is 5.39. The SMILES string of the molecule is COC(=O)CC[C@H]1CC=C[C@H]1NC(=O)OC(C)(C)C. The second-order valence-electron chi connectivity index (χ2n) is 5.71. The molecule has 0 aromatic carbocycles. The molecule has 0 aromatic heterocycles. The Hall–Kier alpha value is -1.52. The van der Waals surface area contributed by atoms with Crippen molar-refractivity contribution in [3.8, 4) is 0 Å². The number of carbonyl (C=O) groups excluding carboxylic acids is 2. The molecule has 0 spiro atoms. The van der Waals surface area contributed by atoms with Crippen LogP contribution in [0.1, 0.15) is 40.0 Å². The molecule has 0 aromatic rings. The van der Waals surface area contributed by atoms with Gasteiger partial charge in [0.25, 0.3) is 0 Å². The second kappa shape index (κ2) is 6.59. The topological polar surface area (TPSA) is 64.6 Å². The van der Waals surface area contributed by atoms with Gasteiger partial charge in [0.2, 0.25) is 0 Å². The van der Waals surface area contributed by atoms with Crippen molar-refractivity contribution in [3.05, 3.63) is 12.2 Å². The molecule has 0 heterocycles. The largest absolute Gasteiger partial charge is 0.469 e. The van der Waals surface area contributed by atoms with Crippen LogP contribution in [0, 0.1) is 5.92 Å². The van der Waals surface area contributed by atoms with Crippen molar-refractivity contribution < 1.29 is 19.1 Å². The highest BCUT2D eigenvalue weighted by molar-refractivity contribution is 5.69. The Balaban J connectivity index is 2.41. The van der Waals surface area contributed by atoms with Gasteiger partial charge in [0.15, 0.2) is 0 Å². The highest BCUT2D eigenvalue weighted by atomic mass is 16.6. The predicted molar refractivity (Wildman–Crippen MR) is 71.7 cm³/mol. The third-order valence-corrected chi connectivity index (χ3v) is 2.92. The van der Waals surface area contributed by atoms with Gasteiger partial charge in [0.1, 0.15) is 5.60 Å². The van der Waals surface area contributed by atoms with E-state index in [1.54, 1.807) is 0 Å². The third-order valence-electron chi connectivity index (χ3n) is 2.92. The minimum absolute atomic E-state index is 0.0699. The van der Waals surface area contributed by atoms with Crippen LogP contribution in [0.2, 0.25) is 0 Å². The summed E-state index contributed by atoms with van der Waals surface area (Å²) in [6, 6.07) is -0.0699. The Labute approximate surface area is 114 Å². The van der Waals surface area contributed by atoms with E-state index >= 15 is 0 Å². The summed E-state index contributed by atoms with van der Waals surface area (Å²) in [6.45, 7) is 5.48. The van der Waals surface area contributed by atoms with Gasteiger partial charge in [-0.05, 0) is 39.5 Å². The molecule has 2 atom stereocenters. The lowest BCUT2D eigenvalue weighted by atomic mass is 9.97. The summed E-state index contributed by atoms with van der Waals surface area (Å²) < 4.78 is 9.84. The zero-order valence-electron chi connectivity index (χ0n) is 12.1. The summed E-state index contributed by atoms with van der Waals surface area (Å²) in [4.78, 5) is 22.8. The number of alkyl carbamates (subject to hydrolysis) is 1. The second-order valence-corrected chi connectivity index (χ2v) is 5.71. The molecular weight excluding hydrogens is 246 g/mol. The van der Waals surface area contributed by atoms with Gasteiger partial charge in [-0.15, -0.1) is 0 Å². The zero-order valence-corrected chi connectivity index (χ0v) is 12.1. The molecule has 108 valence electrons. The first-order valence-electron chi connectivity index (χ1n) is 6.55. The molecule has 0 saturated carbocycles. The van der Waals surface area contributed by atoms with Crippen LogP contribution in [0.25, 0.3) is 0 Å². The average Bonchev–Trinajstić information content (AvgIpc) is 2.70. The first-order valence-corrected chi connectivity index (χ1v) is 6.55. The Morgan fingerprint density at radius 2 is 2.05 bits per heavy atom. The van der Waals surface area contributed by atoms with Crippen molar-refractivity contribution in [1.82, 2.24) is 5.32 Å². The number of carbonyl (C=O) groups is 2. The molecule has 0 fully saturated rings. The van der Waals surface area contributed by atoms with E-state index in [0.29, 0.717) is 12.8 Å². The summed E-state index contributed by atoms with van der Waals surface area (Å²) in [7, 11) is 1.38. The van der Waals surface area contributed by atoms with Gasteiger partial charge in [-0.3, -0.25) is 4.79 Å². The van der Waals surface area contributed by atoms with E-state index in [-0.39, 0.29) is 17.9 Å². The van der Waals surface area contributed by atoms with E-state index in [2.05, 4.69) is 10.1 Å². The van der Waals surface area contributed by atoms with Crippen molar-refractivity contribution in [1.29, 1.82) is 0 Å². The number of rotatable bonds is 4. The molecule has 1 rings (SSSR count). The molecule has 5 heteroatoms. The van der Waals surface area contributed by atoms with Gasteiger partial charge >= 0.3 is 12.1 Å². The molecule has 0 bridgehead atoms. The van der Waals surface area contributed by atoms with E-state index in [0.717, 1.165) is 6.42 Å². The van der Waals surface area contributed by atoms with Gasteiger partial charge in [-0.25, -0.2) is 4.79 Å². The standard InChI is InChI=1S/C14H23NO4/c1-14(2,3)19-13(17)15-11-7-5-6-10(11)8-9-12(16)18-4/h5,7,10-11H,6,8-9H2,1-4H3,(H,15,17)/t10-,11-/m1/s1. The number of hydrogen-bond acceptors (Lipinski definition) is 4. The van der Waals surface area contributed by atoms with E-state index < -0.39 is 11.7 Å². The predicted octanol–water partition coefficient (Wildman–Crippen LogP) is 2.41. The van der Waals surface area contributed by atoms with Crippen LogP contribution in [0.4, 0.5) is 4.79 Å². The normalized spacial score (nSPS) is 22.1. The fraction of sp³-hybridized carbons (Fsp3) is 0.714. The average molecular weight is 269 g/mol. The highest BCUT2D eigenvalue weighted by Crippen LogP contribution is 2.24. The number of amides is 1. The molecule has 5 nitrogen and oxygen atoms in total. The summed E-state index contributed by atoms with van der Waals surface area (Å²) >= 11 is 0. The van der Waals surface area contributed by atoms with Gasteiger partial charge in [0.05, 0.1) is 13.2 Å². The number of allylic oxidation sites excluding steroid dienone is 1. The maximum absolute atomic E-state index is 11.7. The van der Waals surface area contributed by atoms with Gasteiger partial charge in [0, 0.05) is 6.42 Å². The van der Waals surface area contributed by atoms with Gasteiger partial charge < -0.3 is 14.8 Å². The van der Waals surface area contributed by atoms with E-state index in [4.69, 9.17) is 4.74 Å². The van der Waals surface area contributed by atoms with Crippen molar-refractivity contribution in [2.24, 2.45) is 5.92 Å². The number of hydrogen-bond donors (Lipinski definition) is 1. The van der Waals surface area contributed by atoms with E-state index in [1.807, 2.05) is 32.9 Å². The molecule has 0 unspecified atom stereocenters. The summed E-state index contributed by atoms with van der Waals surface area (Å²) in [5.74, 6) is 0.00883. The Morgan fingerprint density at radius 1 is 1.37 bits per heavy atom. The first kappa shape index (κ1) is 15.5. The Morgan fingerprint density at radius 3 is 2.63 bits per heavy atom. The van der Waals surface area contributed by atoms with Crippen molar-refractivity contribution >= 4 is 12.1 Å². The van der Waals surface area contributed by atoms with E-state index in [9.17, 15) is 9.59 Å². The van der Waals surface area contributed by atoms with Gasteiger partial charge in [-0.1, -0.05) is 12.2 Å². The fourth-order valence-electron chi connectivity index (χ4n) is 2.02. The minimum atomic E-state index is -0.506. The van der Waals surface area contributed by atoms with Crippen LogP contribution in [-0.4, -0.2) is 30.8 Å². The monoisotopic (exact) mass is 269 g/mol. The zero-order chi connectivity index (χ0) is 14.5. The molecule has 0 saturated heterocycles. The Bertz CT molecular complexity index is 357. The molecule has 1 N–H and O–H groups in total. The number of nitrogens with one attached hydrogen (secondary N) is 1. The van der Waals surface area contributed by atoms with Crippen LogP contribution >= 0.6 is 0 Å². The number of esters is 1. The van der Waals surface area contributed by atoms with Crippen LogP contribution in [-0.2, 0) is 14.3 Å². The summed E-state index contributed by atoms with van der Waals surface area (Å²) in [6.07, 6.45) is 5.47. The maximum atomic E-state index is 11.7. The minimum Gasteiger partial charge on any atom is -0.469 e. The molecule has 0 aliphatic heterocycles. The smallest absolute Gasteiger partial charge is 0.408 e. The lowest BCUT2D eigenvalue weighted by Gasteiger charge is -2.24. The van der Waals surface area contributed by atoms with Crippen molar-refractivity contribution in [2.45, 2.75) is 51.7 Å². The number of ether oxygens (including phenoxy) is 2. The highest BCUT2D eigenvalue weighted by Gasteiger charge is 2.27. The van der Waals surface area contributed by atoms with Gasteiger partial charge in [-0.2, -0.15) is 0 Å². The maximum Gasteiger partial charge on any atom is 0.408 e. The van der Waals surface area contributed by atoms with Crippen LogP contribution in [0.3, 0.4) is 0 Å². The molecular formula is C14H23NO4. The lowest BCUT2D eigenvalue weighted by Crippen LogP contribution is -2.40. The van der Waals surface area contributed by atoms with Crippen LogP contribution < -0.4 is 5.32 Å². The molecule has 1 aliphatic rings. The van der Waals surface area contributed by atoms with Crippen molar-refractivity contribution in [2.75, 3.05) is 7.11 Å². The molecule has 1 aliphatic carbocycles. The fourth-order valence-corrected chi connectivity index (χ4v) is 2.02. The first-order chi connectivity index (χ1) is 8.81. The molecule has 0 radical (unpaired) electrons. The van der Waals surface area contributed by atoms with Crippen LogP contribution in [0.15, 0.2) is 12.2 Å². The quantitative estimate of drug-likeness (QED) is 0.628. The molecule has 19 heavy (non-hydrogen) atoms.